The van der Waals surface area contributed by atoms with Gasteiger partial charge in [0.1, 0.15) is 30.1 Å². The summed E-state index contributed by atoms with van der Waals surface area (Å²) in [5, 5.41) is 3.13. The standard InChI is InChI=1S/C32H29ClF2N2O4/c1-32(2,3)29(18-40-31(36)39)41-28-14-9-21(16-26(28)19-7-11-23(34)12-8-19)30(38)37-24-6-4-5-20(15-24)25-13-10-22(33)17-27(25)35/h4-17,29H,18H2,1-3H3,(H2,36,39)(H,37,38). The number of ether oxygens (including phenoxy) is 2. The first-order valence-electron chi connectivity index (χ1n) is 12.8. The number of halogens is 3. The van der Waals surface area contributed by atoms with Gasteiger partial charge in [-0.2, -0.15) is 0 Å². The van der Waals surface area contributed by atoms with Crippen molar-refractivity contribution in [1.29, 1.82) is 0 Å². The van der Waals surface area contributed by atoms with Gasteiger partial charge in [0.25, 0.3) is 5.91 Å². The lowest BCUT2D eigenvalue weighted by Gasteiger charge is -2.31. The molecule has 41 heavy (non-hydrogen) atoms. The Kier molecular flexibility index (Phi) is 8.93. The summed E-state index contributed by atoms with van der Waals surface area (Å²) in [6, 6.07) is 21.8. The van der Waals surface area contributed by atoms with Crippen molar-refractivity contribution >= 4 is 29.3 Å². The van der Waals surface area contributed by atoms with E-state index in [0.717, 1.165) is 0 Å². The Hall–Kier alpha value is -4.43. The van der Waals surface area contributed by atoms with Crippen molar-refractivity contribution in [3.05, 3.63) is 107 Å². The van der Waals surface area contributed by atoms with Crippen molar-refractivity contribution in [2.24, 2.45) is 11.1 Å². The summed E-state index contributed by atoms with van der Waals surface area (Å²) >= 11 is 5.88. The van der Waals surface area contributed by atoms with E-state index >= 15 is 0 Å². The van der Waals surface area contributed by atoms with Crippen LogP contribution >= 0.6 is 11.6 Å². The van der Waals surface area contributed by atoms with Crippen LogP contribution in [0.5, 0.6) is 5.75 Å². The molecule has 212 valence electrons. The van der Waals surface area contributed by atoms with Crippen molar-refractivity contribution in [3.63, 3.8) is 0 Å². The number of nitrogens with two attached hydrogens (primary N) is 1. The van der Waals surface area contributed by atoms with Crippen LogP contribution in [0.2, 0.25) is 5.02 Å². The van der Waals surface area contributed by atoms with Crippen LogP contribution in [-0.4, -0.2) is 24.7 Å². The van der Waals surface area contributed by atoms with Crippen molar-refractivity contribution in [2.75, 3.05) is 11.9 Å². The molecule has 4 aromatic carbocycles. The Balaban J connectivity index is 1.65. The van der Waals surface area contributed by atoms with Crippen LogP contribution in [0.15, 0.2) is 84.9 Å². The molecule has 0 aliphatic carbocycles. The van der Waals surface area contributed by atoms with Gasteiger partial charge in [0.05, 0.1) is 0 Å². The van der Waals surface area contributed by atoms with Crippen LogP contribution in [-0.2, 0) is 4.74 Å². The van der Waals surface area contributed by atoms with Crippen molar-refractivity contribution < 1.29 is 27.8 Å². The lowest BCUT2D eigenvalue weighted by atomic mass is 9.89. The van der Waals surface area contributed by atoms with Gasteiger partial charge in [0.15, 0.2) is 0 Å². The molecule has 1 atom stereocenters. The van der Waals surface area contributed by atoms with Crippen LogP contribution in [0, 0.1) is 17.0 Å². The summed E-state index contributed by atoms with van der Waals surface area (Å²) in [5.41, 5.74) is 7.54. The van der Waals surface area contributed by atoms with Crippen LogP contribution in [0.25, 0.3) is 22.3 Å². The SMILES string of the molecule is CC(C)(C)C(COC(N)=O)Oc1ccc(C(=O)Nc2cccc(-c3ccc(Cl)cc3F)c2)cc1-c1ccc(F)cc1. The van der Waals surface area contributed by atoms with Gasteiger partial charge in [-0.3, -0.25) is 4.79 Å². The first-order chi connectivity index (χ1) is 19.4. The number of primary amides is 1. The van der Waals surface area contributed by atoms with E-state index in [9.17, 15) is 18.4 Å². The molecule has 0 saturated heterocycles. The van der Waals surface area contributed by atoms with Crippen molar-refractivity contribution in [3.8, 4) is 28.0 Å². The fraction of sp³-hybridized carbons (Fsp3) is 0.188. The van der Waals surface area contributed by atoms with Crippen molar-refractivity contribution in [1.82, 2.24) is 0 Å². The molecule has 0 fully saturated rings. The van der Waals surface area contributed by atoms with E-state index in [4.69, 9.17) is 26.8 Å². The Bertz CT molecular complexity index is 1570. The second-order valence-corrected chi connectivity index (χ2v) is 10.9. The van der Waals surface area contributed by atoms with E-state index in [0.29, 0.717) is 39.3 Å². The van der Waals surface area contributed by atoms with E-state index < -0.39 is 35.2 Å². The number of hydrogen-bond acceptors (Lipinski definition) is 4. The molecule has 0 bridgehead atoms. The molecule has 0 saturated carbocycles. The maximum Gasteiger partial charge on any atom is 0.404 e. The number of hydrogen-bond donors (Lipinski definition) is 2. The largest absolute Gasteiger partial charge is 0.486 e. The number of anilines is 1. The van der Waals surface area contributed by atoms with Gasteiger partial charge in [-0.25, -0.2) is 13.6 Å². The summed E-state index contributed by atoms with van der Waals surface area (Å²) in [7, 11) is 0. The number of carbonyl (C=O) groups excluding carboxylic acids is 2. The molecule has 9 heteroatoms. The van der Waals surface area contributed by atoms with Gasteiger partial charge in [0.2, 0.25) is 0 Å². The number of benzene rings is 4. The smallest absolute Gasteiger partial charge is 0.404 e. The van der Waals surface area contributed by atoms with Crippen LogP contribution < -0.4 is 15.8 Å². The molecule has 0 aliphatic heterocycles. The molecular weight excluding hydrogens is 550 g/mol. The highest BCUT2D eigenvalue weighted by atomic mass is 35.5. The molecule has 4 aromatic rings. The summed E-state index contributed by atoms with van der Waals surface area (Å²) in [6.45, 7) is 5.68. The summed E-state index contributed by atoms with van der Waals surface area (Å²) in [6.07, 6.45) is -1.50. The van der Waals surface area contributed by atoms with Gasteiger partial charge in [-0.1, -0.05) is 56.6 Å². The monoisotopic (exact) mass is 578 g/mol. The third kappa shape index (κ3) is 7.61. The van der Waals surface area contributed by atoms with Gasteiger partial charge < -0.3 is 20.5 Å². The maximum atomic E-state index is 14.5. The minimum absolute atomic E-state index is 0.0888. The van der Waals surface area contributed by atoms with Gasteiger partial charge in [0, 0.05) is 32.8 Å². The number of rotatable bonds is 8. The van der Waals surface area contributed by atoms with E-state index in [1.165, 1.54) is 18.2 Å². The minimum Gasteiger partial charge on any atom is -0.486 e. The fourth-order valence-corrected chi connectivity index (χ4v) is 4.25. The molecule has 0 heterocycles. The Morgan fingerprint density at radius 1 is 0.902 bits per heavy atom. The van der Waals surface area contributed by atoms with Gasteiger partial charge in [-0.15, -0.1) is 0 Å². The summed E-state index contributed by atoms with van der Waals surface area (Å²) in [5.74, 6) is -0.903. The third-order valence-corrected chi connectivity index (χ3v) is 6.61. The van der Waals surface area contributed by atoms with Gasteiger partial charge in [-0.05, 0) is 71.8 Å². The topological polar surface area (TPSA) is 90.7 Å². The fourth-order valence-electron chi connectivity index (χ4n) is 4.09. The lowest BCUT2D eigenvalue weighted by Crippen LogP contribution is -2.38. The Labute approximate surface area is 242 Å². The van der Waals surface area contributed by atoms with E-state index in [-0.39, 0.29) is 11.6 Å². The highest BCUT2D eigenvalue weighted by molar-refractivity contribution is 6.30. The van der Waals surface area contributed by atoms with E-state index in [1.807, 2.05) is 20.8 Å². The molecule has 6 nitrogen and oxygen atoms in total. The Morgan fingerprint density at radius 3 is 2.29 bits per heavy atom. The molecule has 0 radical (unpaired) electrons. The second-order valence-electron chi connectivity index (χ2n) is 10.5. The highest BCUT2D eigenvalue weighted by Crippen LogP contribution is 2.35. The molecular formula is C32H29ClF2N2O4. The molecule has 3 N–H and O–H groups in total. The summed E-state index contributed by atoms with van der Waals surface area (Å²) in [4.78, 5) is 24.6. The summed E-state index contributed by atoms with van der Waals surface area (Å²) < 4.78 is 39.5. The predicted molar refractivity (Wildman–Crippen MR) is 156 cm³/mol. The lowest BCUT2D eigenvalue weighted by molar-refractivity contribution is 0.0243. The van der Waals surface area contributed by atoms with Crippen LogP contribution in [0.1, 0.15) is 31.1 Å². The molecule has 2 amide bonds. The highest BCUT2D eigenvalue weighted by Gasteiger charge is 2.29. The first kappa shape index (κ1) is 29.6. The number of nitrogens with one attached hydrogen (secondary N) is 1. The molecule has 0 spiro atoms. The first-order valence-corrected chi connectivity index (χ1v) is 13.1. The molecule has 4 rings (SSSR count). The number of amides is 2. The molecule has 0 aliphatic rings. The average molecular weight is 579 g/mol. The number of carbonyl (C=O) groups is 2. The quantitative estimate of drug-likeness (QED) is 0.221. The van der Waals surface area contributed by atoms with Crippen molar-refractivity contribution in [2.45, 2.75) is 26.9 Å². The van der Waals surface area contributed by atoms with Crippen LogP contribution in [0.3, 0.4) is 0 Å². The second kappa shape index (κ2) is 12.4. The van der Waals surface area contributed by atoms with E-state index in [2.05, 4.69) is 5.32 Å². The predicted octanol–water partition coefficient (Wildman–Crippen LogP) is 8.09. The van der Waals surface area contributed by atoms with Crippen LogP contribution in [0.4, 0.5) is 19.3 Å². The Morgan fingerprint density at radius 2 is 1.63 bits per heavy atom. The average Bonchev–Trinajstić information content (AvgIpc) is 2.91. The zero-order chi connectivity index (χ0) is 29.7. The zero-order valence-electron chi connectivity index (χ0n) is 22.7. The molecule has 0 aromatic heterocycles. The normalized spacial score (nSPS) is 12.0. The third-order valence-electron chi connectivity index (χ3n) is 6.37. The van der Waals surface area contributed by atoms with E-state index in [1.54, 1.807) is 66.7 Å². The minimum atomic E-state index is -0.920. The maximum absolute atomic E-state index is 14.5. The zero-order valence-corrected chi connectivity index (χ0v) is 23.5. The van der Waals surface area contributed by atoms with Gasteiger partial charge >= 0.3 is 6.09 Å². The molecule has 1 unspecified atom stereocenters.